The van der Waals surface area contributed by atoms with Crippen molar-refractivity contribution in [2.45, 2.75) is 25.8 Å². The molecular formula is C15H15FN2S2. The second-order valence-electron chi connectivity index (χ2n) is 4.75. The number of aromatic nitrogens is 2. The van der Waals surface area contributed by atoms with Crippen molar-refractivity contribution in [2.24, 2.45) is 0 Å². The zero-order valence-electron chi connectivity index (χ0n) is 11.1. The summed E-state index contributed by atoms with van der Waals surface area (Å²) in [5.74, 6) is -0.256. The Morgan fingerprint density at radius 2 is 2.20 bits per heavy atom. The van der Waals surface area contributed by atoms with E-state index in [1.165, 1.54) is 10.9 Å². The fraction of sp³-hybridized carbons (Fsp3) is 0.267. The van der Waals surface area contributed by atoms with E-state index in [2.05, 4.69) is 23.4 Å². The molecule has 3 rings (SSSR count). The van der Waals surface area contributed by atoms with Crippen molar-refractivity contribution in [3.8, 4) is 0 Å². The Bertz CT molecular complexity index is 771. The average Bonchev–Trinajstić information content (AvgIpc) is 3.05. The molecule has 5 heteroatoms. The maximum absolute atomic E-state index is 13.9. The van der Waals surface area contributed by atoms with Crippen LogP contribution in [0.3, 0.4) is 0 Å². The van der Waals surface area contributed by atoms with Crippen molar-refractivity contribution in [3.63, 3.8) is 0 Å². The molecule has 0 amide bonds. The van der Waals surface area contributed by atoms with Gasteiger partial charge in [-0.3, -0.25) is 0 Å². The van der Waals surface area contributed by atoms with Crippen molar-refractivity contribution in [2.75, 3.05) is 0 Å². The standard InChI is InChI=1S/C15H15FN2S2/c1-2-5-11(13-8-4-9-20-13)18-12-7-3-6-10(16)14(12)17-15(18)19/h3-4,6-9,11H,2,5H2,1H3,(H,17,19). The van der Waals surface area contributed by atoms with Gasteiger partial charge in [0.25, 0.3) is 0 Å². The molecule has 2 nitrogen and oxygen atoms in total. The van der Waals surface area contributed by atoms with Gasteiger partial charge < -0.3 is 9.55 Å². The molecule has 104 valence electrons. The van der Waals surface area contributed by atoms with E-state index in [0.717, 1.165) is 18.4 Å². The molecule has 0 saturated carbocycles. The van der Waals surface area contributed by atoms with Crippen LogP contribution in [-0.2, 0) is 0 Å². The van der Waals surface area contributed by atoms with E-state index in [9.17, 15) is 4.39 Å². The highest BCUT2D eigenvalue weighted by Crippen LogP contribution is 2.31. The Kier molecular flexibility index (Phi) is 3.72. The van der Waals surface area contributed by atoms with Crippen molar-refractivity contribution in [3.05, 3.63) is 51.2 Å². The molecule has 0 radical (unpaired) electrons. The van der Waals surface area contributed by atoms with Gasteiger partial charge in [0.15, 0.2) is 4.77 Å². The maximum atomic E-state index is 13.9. The highest BCUT2D eigenvalue weighted by Gasteiger charge is 2.18. The number of imidazole rings is 1. The third-order valence-electron chi connectivity index (χ3n) is 3.45. The van der Waals surface area contributed by atoms with Crippen molar-refractivity contribution in [1.82, 2.24) is 9.55 Å². The van der Waals surface area contributed by atoms with E-state index in [0.29, 0.717) is 10.3 Å². The van der Waals surface area contributed by atoms with Gasteiger partial charge in [-0.25, -0.2) is 4.39 Å². The molecule has 2 heterocycles. The molecule has 3 aromatic rings. The van der Waals surface area contributed by atoms with Gasteiger partial charge in [-0.2, -0.15) is 0 Å². The Morgan fingerprint density at radius 3 is 2.90 bits per heavy atom. The Balaban J connectivity index is 2.24. The molecule has 0 saturated heterocycles. The van der Waals surface area contributed by atoms with Gasteiger partial charge in [0, 0.05) is 4.88 Å². The summed E-state index contributed by atoms with van der Waals surface area (Å²) >= 11 is 7.14. The summed E-state index contributed by atoms with van der Waals surface area (Å²) in [6.07, 6.45) is 2.03. The number of H-pyrrole nitrogens is 1. The van der Waals surface area contributed by atoms with Crippen LogP contribution in [0, 0.1) is 10.6 Å². The number of rotatable bonds is 4. The van der Waals surface area contributed by atoms with E-state index >= 15 is 0 Å². The lowest BCUT2D eigenvalue weighted by atomic mass is 10.1. The summed E-state index contributed by atoms with van der Waals surface area (Å²) in [7, 11) is 0. The monoisotopic (exact) mass is 306 g/mol. The number of benzene rings is 1. The minimum Gasteiger partial charge on any atom is -0.328 e. The molecule has 2 aromatic heterocycles. The smallest absolute Gasteiger partial charge is 0.178 e. The molecule has 0 aliphatic rings. The quantitative estimate of drug-likeness (QED) is 0.650. The minimum absolute atomic E-state index is 0.169. The maximum Gasteiger partial charge on any atom is 0.178 e. The molecule has 1 aromatic carbocycles. The van der Waals surface area contributed by atoms with Crippen LogP contribution in [0.25, 0.3) is 11.0 Å². The lowest BCUT2D eigenvalue weighted by molar-refractivity contribution is 0.548. The largest absolute Gasteiger partial charge is 0.328 e. The van der Waals surface area contributed by atoms with Gasteiger partial charge in [-0.05, 0) is 42.2 Å². The molecule has 0 bridgehead atoms. The number of aromatic amines is 1. The van der Waals surface area contributed by atoms with Crippen LogP contribution >= 0.6 is 23.6 Å². The zero-order chi connectivity index (χ0) is 14.1. The first-order valence-electron chi connectivity index (χ1n) is 6.64. The minimum atomic E-state index is -0.256. The number of hydrogen-bond acceptors (Lipinski definition) is 2. The molecule has 20 heavy (non-hydrogen) atoms. The fourth-order valence-electron chi connectivity index (χ4n) is 2.58. The number of thiophene rings is 1. The second-order valence-corrected chi connectivity index (χ2v) is 6.12. The number of para-hydroxylation sites is 1. The van der Waals surface area contributed by atoms with Crippen LogP contribution in [0.4, 0.5) is 4.39 Å². The Morgan fingerprint density at radius 1 is 1.35 bits per heavy atom. The topological polar surface area (TPSA) is 20.7 Å². The fourth-order valence-corrected chi connectivity index (χ4v) is 3.76. The molecule has 0 aliphatic heterocycles. The van der Waals surface area contributed by atoms with Gasteiger partial charge >= 0.3 is 0 Å². The van der Waals surface area contributed by atoms with Crippen LogP contribution in [0.1, 0.15) is 30.7 Å². The van der Waals surface area contributed by atoms with E-state index in [-0.39, 0.29) is 11.9 Å². The molecule has 0 spiro atoms. The summed E-state index contributed by atoms with van der Waals surface area (Å²) in [4.78, 5) is 4.26. The lowest BCUT2D eigenvalue weighted by Gasteiger charge is -2.17. The van der Waals surface area contributed by atoms with Gasteiger partial charge in [0.1, 0.15) is 11.3 Å². The highest BCUT2D eigenvalue weighted by atomic mass is 32.1. The average molecular weight is 306 g/mol. The SMILES string of the molecule is CCCC(c1cccs1)n1c(=S)[nH]c2c(F)cccc21. The molecule has 1 unspecified atom stereocenters. The number of fused-ring (bicyclic) bond motifs is 1. The van der Waals surface area contributed by atoms with E-state index in [4.69, 9.17) is 12.2 Å². The van der Waals surface area contributed by atoms with Crippen molar-refractivity contribution < 1.29 is 4.39 Å². The van der Waals surface area contributed by atoms with Gasteiger partial charge in [0.2, 0.25) is 0 Å². The lowest BCUT2D eigenvalue weighted by Crippen LogP contribution is -2.09. The summed E-state index contributed by atoms with van der Waals surface area (Å²) in [5, 5.41) is 2.07. The molecule has 0 aliphatic carbocycles. The van der Waals surface area contributed by atoms with Crippen molar-refractivity contribution in [1.29, 1.82) is 0 Å². The number of hydrogen-bond donors (Lipinski definition) is 1. The normalized spacial score (nSPS) is 12.9. The van der Waals surface area contributed by atoms with Crippen LogP contribution < -0.4 is 0 Å². The molecule has 0 fully saturated rings. The van der Waals surface area contributed by atoms with Gasteiger partial charge in [-0.15, -0.1) is 11.3 Å². The summed E-state index contributed by atoms with van der Waals surface area (Å²) in [5.41, 5.74) is 1.33. The van der Waals surface area contributed by atoms with Crippen LogP contribution in [0.15, 0.2) is 35.7 Å². The third-order valence-corrected chi connectivity index (χ3v) is 4.72. The predicted molar refractivity (Wildman–Crippen MR) is 84.4 cm³/mol. The second kappa shape index (κ2) is 5.50. The van der Waals surface area contributed by atoms with Gasteiger partial charge in [-0.1, -0.05) is 25.5 Å². The number of halogens is 1. The van der Waals surface area contributed by atoms with Crippen LogP contribution in [-0.4, -0.2) is 9.55 Å². The Labute approximate surface area is 125 Å². The highest BCUT2D eigenvalue weighted by molar-refractivity contribution is 7.71. The number of nitrogens with one attached hydrogen (secondary N) is 1. The van der Waals surface area contributed by atoms with Crippen molar-refractivity contribution >= 4 is 34.6 Å². The van der Waals surface area contributed by atoms with Crippen LogP contribution in [0.5, 0.6) is 0 Å². The van der Waals surface area contributed by atoms with E-state index in [1.54, 1.807) is 17.4 Å². The molecule has 1 N–H and O–H groups in total. The van der Waals surface area contributed by atoms with Crippen LogP contribution in [0.2, 0.25) is 0 Å². The Hall–Kier alpha value is -1.46. The summed E-state index contributed by atoms with van der Waals surface area (Å²) in [6, 6.07) is 9.43. The first-order chi connectivity index (χ1) is 9.72. The van der Waals surface area contributed by atoms with E-state index in [1.807, 2.05) is 16.7 Å². The first kappa shape index (κ1) is 13.5. The first-order valence-corrected chi connectivity index (χ1v) is 7.93. The number of nitrogens with zero attached hydrogens (tertiary/aromatic N) is 1. The molecular weight excluding hydrogens is 291 g/mol. The predicted octanol–water partition coefficient (Wildman–Crippen LogP) is 5.29. The third kappa shape index (κ3) is 2.21. The zero-order valence-corrected chi connectivity index (χ0v) is 12.7. The van der Waals surface area contributed by atoms with Gasteiger partial charge in [0.05, 0.1) is 11.6 Å². The van der Waals surface area contributed by atoms with E-state index < -0.39 is 0 Å². The summed E-state index contributed by atoms with van der Waals surface area (Å²) < 4.78 is 16.5. The molecule has 1 atom stereocenters. The summed E-state index contributed by atoms with van der Waals surface area (Å²) in [6.45, 7) is 2.15.